The average molecular weight is 364 g/mol. The Hall–Kier alpha value is -2.97. The van der Waals surface area contributed by atoms with Crippen LogP contribution in [0.2, 0.25) is 0 Å². The molecule has 0 aliphatic carbocycles. The maximum absolute atomic E-state index is 13.0. The molecule has 1 N–H and O–H groups in total. The highest BCUT2D eigenvalue weighted by molar-refractivity contribution is 5.81. The molecular formula is C17H21FN4O4. The number of carbonyl (C=O) groups excluding carboxylic acids is 2. The molecule has 2 rings (SSSR count). The van der Waals surface area contributed by atoms with Gasteiger partial charge in [-0.05, 0) is 31.2 Å². The first-order valence-electron chi connectivity index (χ1n) is 8.24. The quantitative estimate of drug-likeness (QED) is 0.701. The van der Waals surface area contributed by atoms with Crippen LogP contribution in [-0.2, 0) is 27.9 Å². The molecule has 0 saturated heterocycles. The van der Waals surface area contributed by atoms with Crippen molar-refractivity contribution in [2.24, 2.45) is 7.05 Å². The van der Waals surface area contributed by atoms with Gasteiger partial charge in [-0.1, -0.05) is 0 Å². The minimum Gasteiger partial charge on any atom is -0.466 e. The Morgan fingerprint density at radius 1 is 1.23 bits per heavy atom. The van der Waals surface area contributed by atoms with Gasteiger partial charge in [0.2, 0.25) is 5.91 Å². The first-order chi connectivity index (χ1) is 12.4. The summed E-state index contributed by atoms with van der Waals surface area (Å²) in [5, 5.41) is 6.85. The molecule has 26 heavy (non-hydrogen) atoms. The van der Waals surface area contributed by atoms with E-state index < -0.39 is 5.97 Å². The largest absolute Gasteiger partial charge is 0.466 e. The van der Waals surface area contributed by atoms with Gasteiger partial charge in [0.15, 0.2) is 5.82 Å². The standard InChI is InChI=1S/C17H21FN4O4/c1-3-26-15(24)9-8-14(23)19-10-11-22-17(25)21(2)16(20-22)12-4-6-13(18)7-5-12/h4-7H,3,8-11H2,1-2H3,(H,19,23). The molecule has 0 aliphatic rings. The van der Waals surface area contributed by atoms with Crippen LogP contribution in [0.15, 0.2) is 29.1 Å². The number of hydrogen-bond acceptors (Lipinski definition) is 5. The van der Waals surface area contributed by atoms with Gasteiger partial charge in [0, 0.05) is 25.6 Å². The van der Waals surface area contributed by atoms with Crippen molar-refractivity contribution in [1.29, 1.82) is 0 Å². The molecule has 1 heterocycles. The first kappa shape index (κ1) is 19.4. The van der Waals surface area contributed by atoms with Crippen molar-refractivity contribution < 1.29 is 18.7 Å². The minimum absolute atomic E-state index is 0.0118. The lowest BCUT2D eigenvalue weighted by molar-refractivity contribution is -0.144. The number of rotatable bonds is 8. The normalized spacial score (nSPS) is 10.6. The summed E-state index contributed by atoms with van der Waals surface area (Å²) in [5.41, 5.74) is 0.272. The van der Waals surface area contributed by atoms with E-state index in [4.69, 9.17) is 4.74 Å². The topological polar surface area (TPSA) is 95.2 Å². The van der Waals surface area contributed by atoms with E-state index in [-0.39, 0.29) is 50.0 Å². The van der Waals surface area contributed by atoms with Crippen LogP contribution in [-0.4, -0.2) is 39.4 Å². The molecule has 0 spiro atoms. The van der Waals surface area contributed by atoms with E-state index >= 15 is 0 Å². The lowest BCUT2D eigenvalue weighted by Gasteiger charge is -2.04. The molecule has 140 valence electrons. The third kappa shape index (κ3) is 5.01. The van der Waals surface area contributed by atoms with Gasteiger partial charge in [-0.3, -0.25) is 14.2 Å². The van der Waals surface area contributed by atoms with Crippen LogP contribution in [0.3, 0.4) is 0 Å². The zero-order chi connectivity index (χ0) is 19.1. The van der Waals surface area contributed by atoms with Gasteiger partial charge in [0.1, 0.15) is 5.82 Å². The summed E-state index contributed by atoms with van der Waals surface area (Å²) in [6.07, 6.45) is 0.0364. The number of ether oxygens (including phenoxy) is 1. The number of nitrogens with zero attached hydrogens (tertiary/aromatic N) is 3. The maximum atomic E-state index is 13.0. The predicted molar refractivity (Wildman–Crippen MR) is 91.7 cm³/mol. The van der Waals surface area contributed by atoms with Crippen molar-refractivity contribution in [3.63, 3.8) is 0 Å². The Labute approximate surface area is 149 Å². The van der Waals surface area contributed by atoms with Crippen molar-refractivity contribution in [2.45, 2.75) is 26.3 Å². The number of amides is 1. The number of esters is 1. The van der Waals surface area contributed by atoms with E-state index in [0.29, 0.717) is 11.4 Å². The number of benzene rings is 1. The summed E-state index contributed by atoms with van der Waals surface area (Å²) in [6, 6.07) is 5.67. The summed E-state index contributed by atoms with van der Waals surface area (Å²) in [5.74, 6) is -0.694. The third-order valence-electron chi connectivity index (χ3n) is 3.65. The Bertz CT molecular complexity index is 826. The van der Waals surface area contributed by atoms with E-state index in [2.05, 4.69) is 10.4 Å². The van der Waals surface area contributed by atoms with Crippen LogP contribution < -0.4 is 11.0 Å². The molecule has 0 aliphatic heterocycles. The number of aromatic nitrogens is 3. The van der Waals surface area contributed by atoms with Gasteiger partial charge < -0.3 is 10.1 Å². The van der Waals surface area contributed by atoms with Gasteiger partial charge in [0.05, 0.1) is 19.6 Å². The van der Waals surface area contributed by atoms with Crippen LogP contribution >= 0.6 is 0 Å². The molecule has 0 atom stereocenters. The van der Waals surface area contributed by atoms with Crippen molar-refractivity contribution in [3.8, 4) is 11.4 Å². The van der Waals surface area contributed by atoms with Crippen molar-refractivity contribution in [3.05, 3.63) is 40.6 Å². The van der Waals surface area contributed by atoms with Crippen LogP contribution in [0, 0.1) is 5.82 Å². The second-order valence-corrected chi connectivity index (χ2v) is 5.55. The molecule has 2 aromatic rings. The number of nitrogens with one attached hydrogen (secondary N) is 1. The highest BCUT2D eigenvalue weighted by atomic mass is 19.1. The zero-order valence-electron chi connectivity index (χ0n) is 14.7. The van der Waals surface area contributed by atoms with Gasteiger partial charge in [0.25, 0.3) is 0 Å². The van der Waals surface area contributed by atoms with E-state index in [1.165, 1.54) is 21.4 Å². The van der Waals surface area contributed by atoms with Crippen LogP contribution in [0.25, 0.3) is 11.4 Å². The smallest absolute Gasteiger partial charge is 0.345 e. The lowest BCUT2D eigenvalue weighted by atomic mass is 10.2. The molecule has 9 heteroatoms. The number of halogens is 1. The summed E-state index contributed by atoms with van der Waals surface area (Å²) in [4.78, 5) is 35.1. The number of hydrogen-bond donors (Lipinski definition) is 1. The van der Waals surface area contributed by atoms with Crippen LogP contribution in [0.4, 0.5) is 4.39 Å². The fourth-order valence-electron chi connectivity index (χ4n) is 2.32. The molecule has 0 saturated carbocycles. The highest BCUT2D eigenvalue weighted by Crippen LogP contribution is 2.15. The van der Waals surface area contributed by atoms with Crippen molar-refractivity contribution in [2.75, 3.05) is 13.2 Å². The van der Waals surface area contributed by atoms with Crippen molar-refractivity contribution in [1.82, 2.24) is 19.7 Å². The third-order valence-corrected chi connectivity index (χ3v) is 3.65. The van der Waals surface area contributed by atoms with Gasteiger partial charge in [-0.25, -0.2) is 13.9 Å². The van der Waals surface area contributed by atoms with Crippen molar-refractivity contribution >= 4 is 11.9 Å². The van der Waals surface area contributed by atoms with E-state index in [1.807, 2.05) is 0 Å². The number of carbonyl (C=O) groups is 2. The molecule has 0 unspecified atom stereocenters. The molecular weight excluding hydrogens is 343 g/mol. The SMILES string of the molecule is CCOC(=O)CCC(=O)NCCn1nc(-c2ccc(F)cc2)n(C)c1=O. The molecule has 1 aromatic heterocycles. The van der Waals surface area contributed by atoms with Gasteiger partial charge in [-0.15, -0.1) is 5.10 Å². The Balaban J connectivity index is 1.91. The lowest BCUT2D eigenvalue weighted by Crippen LogP contribution is -2.32. The monoisotopic (exact) mass is 364 g/mol. The summed E-state index contributed by atoms with van der Waals surface area (Å²) in [6.45, 7) is 2.35. The molecule has 0 fully saturated rings. The Kier molecular flexibility index (Phi) is 6.65. The second kappa shape index (κ2) is 8.93. The second-order valence-electron chi connectivity index (χ2n) is 5.55. The minimum atomic E-state index is -0.424. The summed E-state index contributed by atoms with van der Waals surface area (Å²) in [7, 11) is 1.57. The molecule has 0 radical (unpaired) electrons. The van der Waals surface area contributed by atoms with E-state index in [0.717, 1.165) is 0 Å². The maximum Gasteiger partial charge on any atom is 0.345 e. The zero-order valence-corrected chi connectivity index (χ0v) is 14.7. The average Bonchev–Trinajstić information content (AvgIpc) is 2.89. The fraction of sp³-hybridized carbons (Fsp3) is 0.412. The molecule has 1 amide bonds. The van der Waals surface area contributed by atoms with Crippen LogP contribution in [0.5, 0.6) is 0 Å². The van der Waals surface area contributed by atoms with Gasteiger partial charge >= 0.3 is 11.7 Å². The molecule has 8 nitrogen and oxygen atoms in total. The highest BCUT2D eigenvalue weighted by Gasteiger charge is 2.13. The molecule has 1 aromatic carbocycles. The van der Waals surface area contributed by atoms with Gasteiger partial charge in [-0.2, -0.15) is 0 Å². The summed E-state index contributed by atoms with van der Waals surface area (Å²) < 4.78 is 20.4. The van der Waals surface area contributed by atoms with Crippen LogP contribution in [0.1, 0.15) is 19.8 Å². The predicted octanol–water partition coefficient (Wildman–Crippen LogP) is 0.847. The fourth-order valence-corrected chi connectivity index (χ4v) is 2.32. The van der Waals surface area contributed by atoms with E-state index in [9.17, 15) is 18.8 Å². The first-order valence-corrected chi connectivity index (χ1v) is 8.24. The van der Waals surface area contributed by atoms with E-state index in [1.54, 1.807) is 26.1 Å². The molecule has 0 bridgehead atoms. The Morgan fingerprint density at radius 3 is 2.58 bits per heavy atom. The Morgan fingerprint density at radius 2 is 1.92 bits per heavy atom. The summed E-state index contributed by atoms with van der Waals surface area (Å²) >= 11 is 0.